The molecule has 0 amide bonds. The van der Waals surface area contributed by atoms with Gasteiger partial charge in [0.2, 0.25) is 17.5 Å². The van der Waals surface area contributed by atoms with Crippen LogP contribution in [0.3, 0.4) is 0 Å². The second-order valence-corrected chi connectivity index (χ2v) is 13.6. The average molecular weight is 964 g/mol. The van der Waals surface area contributed by atoms with Crippen LogP contribution in [-0.4, -0.2) is 59.8 Å². The van der Waals surface area contributed by atoms with Gasteiger partial charge in [0.05, 0.1) is 16.7 Å². The van der Waals surface area contributed by atoms with Gasteiger partial charge in [-0.05, 0) is 0 Å². The van der Waals surface area contributed by atoms with E-state index in [1.54, 1.807) is 0 Å². The van der Waals surface area contributed by atoms with E-state index >= 15 is 26.3 Å². The highest BCUT2D eigenvalue weighted by Gasteiger charge is 2.34. The first kappa shape index (κ1) is 43.2. The van der Waals surface area contributed by atoms with Gasteiger partial charge in [0, 0.05) is 0 Å². The molecule has 15 nitrogen and oxygen atoms in total. The Morgan fingerprint density at radius 3 is 0.551 bits per heavy atom. The number of hydrogen-bond acceptors (Lipinski definition) is 15. The average Bonchev–Trinajstić information content (AvgIpc) is 3.35. The number of fused-ring (bicyclic) bond motifs is 9. The first-order chi connectivity index (χ1) is 32.8. The fraction of sp³-hybridized carbons (Fsp3) is 0. The Morgan fingerprint density at radius 1 is 0.217 bits per heavy atom. The molecule has 336 valence electrons. The van der Waals surface area contributed by atoms with Crippen molar-refractivity contribution in [1.29, 1.82) is 15.8 Å². The number of halogens is 15. The van der Waals surface area contributed by atoms with Crippen molar-refractivity contribution in [2.45, 2.75) is 0 Å². The summed E-state index contributed by atoms with van der Waals surface area (Å²) in [5.74, 6) is -37.3. The van der Waals surface area contributed by atoms with Crippen molar-refractivity contribution in [3.05, 3.63) is 104 Å². The molecule has 0 aliphatic heterocycles. The van der Waals surface area contributed by atoms with Crippen molar-refractivity contribution in [2.24, 2.45) is 0 Å². The van der Waals surface area contributed by atoms with Gasteiger partial charge in [-0.2, -0.15) is 15.8 Å². The molecule has 6 heterocycles. The molecule has 10 rings (SSSR count). The summed E-state index contributed by atoms with van der Waals surface area (Å²) in [5, 5.41) is 29.6. The minimum absolute atomic E-state index is 0.620. The molecule has 0 radical (unpaired) electrons. The van der Waals surface area contributed by atoms with Crippen LogP contribution in [-0.2, 0) is 0 Å². The van der Waals surface area contributed by atoms with Crippen LogP contribution < -0.4 is 0 Å². The van der Waals surface area contributed by atoms with Gasteiger partial charge >= 0.3 is 0 Å². The predicted octanol–water partition coefficient (Wildman–Crippen LogP) is 8.05. The Labute approximate surface area is 364 Å². The summed E-state index contributed by atoms with van der Waals surface area (Å²) in [5.41, 5.74) is -21.3. The number of benzene rings is 4. The van der Waals surface area contributed by atoms with E-state index in [2.05, 4.69) is 59.8 Å². The molecule has 0 spiro atoms. The van der Waals surface area contributed by atoms with Crippen molar-refractivity contribution in [3.63, 3.8) is 0 Å². The third kappa shape index (κ3) is 5.96. The molecule has 4 aromatic carbocycles. The van der Waals surface area contributed by atoms with E-state index in [-0.39, 0.29) is 0 Å². The molecule has 0 fully saturated rings. The number of hydrogen-bond donors (Lipinski definition) is 0. The van der Waals surface area contributed by atoms with Crippen LogP contribution in [0.2, 0.25) is 0 Å². The maximum absolute atomic E-state index is 15.1. The Balaban J connectivity index is 1.36. The Hall–Kier alpha value is -9.66. The quantitative estimate of drug-likeness (QED) is 0.0537. The van der Waals surface area contributed by atoms with Gasteiger partial charge in [-0.1, -0.05) is 0 Å². The number of nitrogens with zero attached hydrogens (tertiary/aromatic N) is 15. The van der Waals surface area contributed by atoms with E-state index in [0.29, 0.717) is 0 Å². The molecular formula is C39F15N15. The van der Waals surface area contributed by atoms with Crippen LogP contribution in [0.15, 0.2) is 0 Å². The van der Waals surface area contributed by atoms with Crippen LogP contribution in [0.1, 0.15) is 17.1 Å². The topological polar surface area (TPSA) is 226 Å². The van der Waals surface area contributed by atoms with Crippen LogP contribution >= 0.6 is 0 Å². The Kier molecular flexibility index (Phi) is 9.36. The second kappa shape index (κ2) is 14.9. The summed E-state index contributed by atoms with van der Waals surface area (Å²) < 4.78 is 219. The summed E-state index contributed by atoms with van der Waals surface area (Å²) in [6.45, 7) is 0. The zero-order valence-electron chi connectivity index (χ0n) is 31.9. The molecule has 0 unspecified atom stereocenters. The first-order valence-electron chi connectivity index (χ1n) is 17.9. The zero-order chi connectivity index (χ0) is 49.4. The Bertz CT molecular complexity index is 3720. The van der Waals surface area contributed by atoms with E-state index in [9.17, 15) is 55.3 Å². The van der Waals surface area contributed by atoms with Crippen molar-refractivity contribution in [1.82, 2.24) is 59.8 Å². The molecule has 10 aromatic rings. The molecule has 6 aromatic heterocycles. The molecule has 0 atom stereocenters. The summed E-state index contributed by atoms with van der Waals surface area (Å²) >= 11 is 0. The van der Waals surface area contributed by atoms with E-state index < -0.39 is 205 Å². The van der Waals surface area contributed by atoms with Crippen LogP contribution in [0.5, 0.6) is 0 Å². The highest BCUT2D eigenvalue weighted by Crippen LogP contribution is 2.38. The van der Waals surface area contributed by atoms with Crippen molar-refractivity contribution in [2.75, 3.05) is 0 Å². The lowest BCUT2D eigenvalue weighted by atomic mass is 10.1. The van der Waals surface area contributed by atoms with Crippen molar-refractivity contribution < 1.29 is 65.9 Å². The van der Waals surface area contributed by atoms with E-state index in [4.69, 9.17) is 0 Å². The van der Waals surface area contributed by atoms with Crippen LogP contribution in [0.4, 0.5) is 65.9 Å². The van der Waals surface area contributed by atoms with Gasteiger partial charge in [-0.25, -0.2) is 126 Å². The lowest BCUT2D eigenvalue weighted by molar-refractivity contribution is 0.381. The molecular weight excluding hydrogens is 964 g/mol. The molecule has 0 aliphatic rings. The summed E-state index contributed by atoms with van der Waals surface area (Å²) in [7, 11) is 0. The summed E-state index contributed by atoms with van der Waals surface area (Å²) in [4.78, 5) is 47.9. The van der Waals surface area contributed by atoms with Gasteiger partial charge in [0.1, 0.15) is 68.4 Å². The van der Waals surface area contributed by atoms with Gasteiger partial charge in [-0.3, -0.25) is 0 Å². The SMILES string of the molecule is N#Cc1nc2nc3c4nc5nc(-c6c(F)c(F)c(F)c(F)c6F)c(C#N)nc5nc4c4nc5nc(-c6c(F)c(F)c(F)c(F)c6F)c(C#N)nc5nc4c3nc2nc1-c1c(F)c(F)c(F)c(F)c1F. The first-order valence-corrected chi connectivity index (χ1v) is 17.9. The fourth-order valence-electron chi connectivity index (χ4n) is 6.84. The van der Waals surface area contributed by atoms with Crippen LogP contribution in [0, 0.1) is 121 Å². The number of nitriles is 3. The highest BCUT2D eigenvalue weighted by molar-refractivity contribution is 6.20. The standard InChI is InChI=1S/C39F15N15/c40-10-7(11(41)17(47)22(52)16(10)46)25-4(1-55)58-34-37(61-25)67-31-28(64-34)32-30(66-35-38(68-32)62-26(5(2-56)59-35)8-12(42)18(48)23(53)19(49)13(8)43)33-29(31)65-36-39(69-33)63-27(6(3-57)60-36)9-14(44)20(50)24(54)21(51)15(9)45. The lowest BCUT2D eigenvalue weighted by Crippen LogP contribution is -2.09. The van der Waals surface area contributed by atoms with E-state index in [1.807, 2.05) is 0 Å². The van der Waals surface area contributed by atoms with Gasteiger partial charge in [0.25, 0.3) is 0 Å². The molecule has 0 aliphatic carbocycles. The smallest absolute Gasteiger partial charge is 0.200 e. The van der Waals surface area contributed by atoms with Crippen molar-refractivity contribution >= 4 is 67.0 Å². The van der Waals surface area contributed by atoms with E-state index in [1.165, 1.54) is 18.2 Å². The number of rotatable bonds is 3. The van der Waals surface area contributed by atoms with E-state index in [0.717, 1.165) is 0 Å². The summed E-state index contributed by atoms with van der Waals surface area (Å²) in [6, 6.07) is 4.06. The van der Waals surface area contributed by atoms with Crippen LogP contribution in [0.25, 0.3) is 101 Å². The fourth-order valence-corrected chi connectivity index (χ4v) is 6.84. The third-order valence-corrected chi connectivity index (χ3v) is 9.89. The molecule has 30 heteroatoms. The van der Waals surface area contributed by atoms with Gasteiger partial charge in [0.15, 0.2) is 121 Å². The van der Waals surface area contributed by atoms with Crippen molar-refractivity contribution in [3.8, 4) is 52.0 Å². The monoisotopic (exact) mass is 963 g/mol. The van der Waals surface area contributed by atoms with Gasteiger partial charge < -0.3 is 0 Å². The molecule has 69 heavy (non-hydrogen) atoms. The second-order valence-electron chi connectivity index (χ2n) is 13.6. The largest absolute Gasteiger partial charge is 0.222 e. The van der Waals surface area contributed by atoms with Gasteiger partial charge in [-0.15, -0.1) is 0 Å². The molecule has 0 saturated heterocycles. The molecule has 0 saturated carbocycles. The minimum Gasteiger partial charge on any atom is -0.222 e. The minimum atomic E-state index is -2.58. The maximum Gasteiger partial charge on any atom is 0.200 e. The predicted molar refractivity (Wildman–Crippen MR) is 195 cm³/mol. The lowest BCUT2D eigenvalue weighted by Gasteiger charge is -2.12. The number of aromatic nitrogens is 12. The normalized spacial score (nSPS) is 11.7. The Morgan fingerprint density at radius 2 is 0.377 bits per heavy atom. The highest BCUT2D eigenvalue weighted by atomic mass is 19.2. The third-order valence-electron chi connectivity index (χ3n) is 9.89. The molecule has 0 N–H and O–H groups in total. The molecule has 0 bridgehead atoms. The zero-order valence-corrected chi connectivity index (χ0v) is 31.9. The maximum atomic E-state index is 15.1. The summed E-state index contributed by atoms with van der Waals surface area (Å²) in [6.07, 6.45) is 0.